The Hall–Kier alpha value is -1.01. The number of aromatic nitrogens is 1. The Morgan fingerprint density at radius 1 is 1.77 bits per heavy atom. The molecule has 1 aromatic heterocycles. The maximum absolute atomic E-state index is 11.1. The molecule has 13 heavy (non-hydrogen) atoms. The van der Waals surface area contributed by atoms with E-state index in [9.17, 15) is 4.79 Å². The van der Waals surface area contributed by atoms with Gasteiger partial charge < -0.3 is 11.1 Å². The summed E-state index contributed by atoms with van der Waals surface area (Å²) in [5.41, 5.74) is 6.92. The summed E-state index contributed by atoms with van der Waals surface area (Å²) in [5.74, 6) is -0.152. The minimum Gasteiger partial charge on any atom is -0.393 e. The molecule has 4 nitrogen and oxygen atoms in total. The highest BCUT2D eigenvalue weighted by Gasteiger charge is 2.02. The van der Waals surface area contributed by atoms with Crippen LogP contribution in [0, 0.1) is 0 Å². The van der Waals surface area contributed by atoms with Crippen LogP contribution in [0.2, 0.25) is 0 Å². The van der Waals surface area contributed by atoms with Crippen molar-refractivity contribution in [2.24, 2.45) is 5.73 Å². The molecule has 0 radical (unpaired) electrons. The van der Waals surface area contributed by atoms with Crippen molar-refractivity contribution >= 4 is 34.5 Å². The molecule has 1 heterocycles. The summed E-state index contributed by atoms with van der Waals surface area (Å²) in [6.45, 7) is 0.492. The number of thiocarbonyl (C=S) groups is 1. The van der Waals surface area contributed by atoms with Gasteiger partial charge in [0.2, 0.25) is 5.91 Å². The zero-order chi connectivity index (χ0) is 9.68. The van der Waals surface area contributed by atoms with Gasteiger partial charge in [0, 0.05) is 11.1 Å². The zero-order valence-electron chi connectivity index (χ0n) is 6.82. The van der Waals surface area contributed by atoms with Crippen molar-refractivity contribution in [3.63, 3.8) is 0 Å². The molecule has 1 amide bonds. The number of nitrogens with two attached hydrogens (primary N) is 1. The van der Waals surface area contributed by atoms with Crippen LogP contribution in [0.25, 0.3) is 0 Å². The first kappa shape index (κ1) is 10.1. The van der Waals surface area contributed by atoms with Crippen LogP contribution in [0.3, 0.4) is 0 Å². The lowest BCUT2D eigenvalue weighted by Crippen LogP contribution is -2.26. The van der Waals surface area contributed by atoms with Gasteiger partial charge in [-0.05, 0) is 0 Å². The second-order valence-electron chi connectivity index (χ2n) is 2.39. The maximum Gasteiger partial charge on any atom is 0.227 e. The summed E-state index contributed by atoms with van der Waals surface area (Å²) < 4.78 is 0. The van der Waals surface area contributed by atoms with Crippen molar-refractivity contribution in [2.75, 3.05) is 0 Å². The molecule has 0 aliphatic heterocycles. The van der Waals surface area contributed by atoms with Crippen LogP contribution in [0.5, 0.6) is 0 Å². The standard InChI is InChI=1S/C7H9N3OS2/c8-6(12)1-7(11)10-3-5-2-9-4-13-5/h2,4H,1,3H2,(H2,8,12)(H,10,11). The lowest BCUT2D eigenvalue weighted by Gasteiger charge is -2.00. The summed E-state index contributed by atoms with van der Waals surface area (Å²) in [5, 5.41) is 2.68. The van der Waals surface area contributed by atoms with E-state index in [1.165, 1.54) is 11.3 Å². The topological polar surface area (TPSA) is 68.0 Å². The fourth-order valence-corrected chi connectivity index (χ4v) is 1.40. The van der Waals surface area contributed by atoms with E-state index in [1.807, 2.05) is 0 Å². The van der Waals surface area contributed by atoms with Gasteiger partial charge in [-0.2, -0.15) is 0 Å². The minimum absolute atomic E-state index is 0.105. The molecular formula is C7H9N3OS2. The van der Waals surface area contributed by atoms with E-state index in [0.717, 1.165) is 4.88 Å². The fourth-order valence-electron chi connectivity index (χ4n) is 0.736. The number of hydrogen-bond acceptors (Lipinski definition) is 4. The van der Waals surface area contributed by atoms with Gasteiger partial charge in [0.15, 0.2) is 0 Å². The second kappa shape index (κ2) is 4.88. The van der Waals surface area contributed by atoms with Crippen molar-refractivity contribution in [1.82, 2.24) is 10.3 Å². The molecule has 0 aliphatic rings. The third-order valence-corrected chi connectivity index (χ3v) is 2.20. The molecule has 1 aromatic rings. The highest BCUT2D eigenvalue weighted by molar-refractivity contribution is 7.80. The first-order valence-corrected chi connectivity index (χ1v) is 4.89. The Kier molecular flexibility index (Phi) is 3.78. The third kappa shape index (κ3) is 3.95. The second-order valence-corrected chi connectivity index (χ2v) is 3.88. The molecule has 0 fully saturated rings. The number of carbonyl (C=O) groups is 1. The smallest absolute Gasteiger partial charge is 0.227 e. The zero-order valence-corrected chi connectivity index (χ0v) is 8.45. The predicted molar refractivity (Wildman–Crippen MR) is 55.4 cm³/mol. The van der Waals surface area contributed by atoms with Gasteiger partial charge >= 0.3 is 0 Å². The van der Waals surface area contributed by atoms with E-state index in [4.69, 9.17) is 5.73 Å². The van der Waals surface area contributed by atoms with Gasteiger partial charge in [-0.1, -0.05) is 12.2 Å². The van der Waals surface area contributed by atoms with E-state index >= 15 is 0 Å². The first-order valence-electron chi connectivity index (χ1n) is 3.61. The molecule has 0 aliphatic carbocycles. The average molecular weight is 215 g/mol. The third-order valence-electron chi connectivity index (χ3n) is 1.28. The molecule has 6 heteroatoms. The van der Waals surface area contributed by atoms with Gasteiger partial charge in [0.25, 0.3) is 0 Å². The number of rotatable bonds is 4. The lowest BCUT2D eigenvalue weighted by molar-refractivity contribution is -0.120. The van der Waals surface area contributed by atoms with E-state index in [1.54, 1.807) is 11.7 Å². The minimum atomic E-state index is -0.152. The van der Waals surface area contributed by atoms with Gasteiger partial charge in [0.05, 0.1) is 23.5 Å². The lowest BCUT2D eigenvalue weighted by atomic mass is 10.4. The number of hydrogen-bond donors (Lipinski definition) is 2. The van der Waals surface area contributed by atoms with Gasteiger partial charge in [-0.15, -0.1) is 11.3 Å². The highest BCUT2D eigenvalue weighted by atomic mass is 32.1. The molecule has 0 saturated heterocycles. The van der Waals surface area contributed by atoms with Crippen LogP contribution >= 0.6 is 23.6 Å². The van der Waals surface area contributed by atoms with Crippen LogP contribution in [0.1, 0.15) is 11.3 Å². The van der Waals surface area contributed by atoms with Crippen molar-refractivity contribution in [2.45, 2.75) is 13.0 Å². The molecule has 0 atom stereocenters. The SMILES string of the molecule is NC(=S)CC(=O)NCc1cncs1. The number of amides is 1. The quantitative estimate of drug-likeness (QED) is 0.715. The van der Waals surface area contributed by atoms with Crippen molar-refractivity contribution in [3.05, 3.63) is 16.6 Å². The Morgan fingerprint density at radius 3 is 3.08 bits per heavy atom. The fraction of sp³-hybridized carbons (Fsp3) is 0.286. The summed E-state index contributed by atoms with van der Waals surface area (Å²) in [7, 11) is 0. The molecule has 0 unspecified atom stereocenters. The Bertz CT molecular complexity index is 297. The van der Waals surface area contributed by atoms with Crippen LogP contribution in [-0.4, -0.2) is 15.9 Å². The van der Waals surface area contributed by atoms with Crippen molar-refractivity contribution in [3.8, 4) is 0 Å². The summed E-state index contributed by atoms with van der Waals surface area (Å²) in [6.07, 6.45) is 1.82. The van der Waals surface area contributed by atoms with E-state index in [2.05, 4.69) is 22.5 Å². The molecule has 70 valence electrons. The van der Waals surface area contributed by atoms with E-state index in [0.29, 0.717) is 6.54 Å². The highest BCUT2D eigenvalue weighted by Crippen LogP contribution is 2.03. The molecule has 0 bridgehead atoms. The van der Waals surface area contributed by atoms with Crippen LogP contribution in [-0.2, 0) is 11.3 Å². The van der Waals surface area contributed by atoms with Gasteiger partial charge in [-0.25, -0.2) is 0 Å². The Balaban J connectivity index is 2.27. The molecular weight excluding hydrogens is 206 g/mol. The molecule has 1 rings (SSSR count). The summed E-state index contributed by atoms with van der Waals surface area (Å²) in [6, 6.07) is 0. The number of nitrogens with one attached hydrogen (secondary N) is 1. The van der Waals surface area contributed by atoms with E-state index in [-0.39, 0.29) is 17.3 Å². The summed E-state index contributed by atoms with van der Waals surface area (Å²) >= 11 is 6.09. The van der Waals surface area contributed by atoms with Crippen molar-refractivity contribution in [1.29, 1.82) is 0 Å². The molecule has 0 spiro atoms. The average Bonchev–Trinajstić information content (AvgIpc) is 2.51. The summed E-state index contributed by atoms with van der Waals surface area (Å²) in [4.78, 5) is 16.2. The van der Waals surface area contributed by atoms with Crippen LogP contribution in [0.15, 0.2) is 11.7 Å². The van der Waals surface area contributed by atoms with Crippen LogP contribution in [0.4, 0.5) is 0 Å². The number of carbonyl (C=O) groups excluding carboxylic acids is 1. The van der Waals surface area contributed by atoms with Crippen molar-refractivity contribution < 1.29 is 4.79 Å². The monoisotopic (exact) mass is 215 g/mol. The Morgan fingerprint density at radius 2 is 2.54 bits per heavy atom. The van der Waals surface area contributed by atoms with Crippen LogP contribution < -0.4 is 11.1 Å². The normalized spacial score (nSPS) is 9.54. The first-order chi connectivity index (χ1) is 6.18. The number of nitrogens with zero attached hydrogens (tertiary/aromatic N) is 1. The molecule has 3 N–H and O–H groups in total. The molecule has 0 saturated carbocycles. The predicted octanol–water partition coefficient (Wildman–Crippen LogP) is 0.435. The maximum atomic E-state index is 11.1. The largest absolute Gasteiger partial charge is 0.393 e. The van der Waals surface area contributed by atoms with Gasteiger partial charge in [0.1, 0.15) is 0 Å². The van der Waals surface area contributed by atoms with E-state index < -0.39 is 0 Å². The number of thiazole rings is 1. The Labute approximate surface area is 85.2 Å². The van der Waals surface area contributed by atoms with Gasteiger partial charge in [-0.3, -0.25) is 9.78 Å². The molecule has 0 aromatic carbocycles.